The third-order valence-corrected chi connectivity index (χ3v) is 5.11. The standard InChI is InChI=1S/C17H18F3N3O2S/c1-9(10-2-3-10)21-16(25)23-13-8-26-15(22-13)12-6-4-11(5-7-12)14(24)17(18,19)20/h4-10,14,24H,2-3H2,1H3,(H2,21,23,25)/t9-,14?/m0/s1. The van der Waals surface area contributed by atoms with E-state index >= 15 is 0 Å². The number of hydrogen-bond acceptors (Lipinski definition) is 4. The van der Waals surface area contributed by atoms with E-state index in [0.717, 1.165) is 12.8 Å². The molecule has 0 saturated heterocycles. The van der Waals surface area contributed by atoms with E-state index in [4.69, 9.17) is 0 Å². The second-order valence-electron chi connectivity index (χ2n) is 6.33. The molecule has 0 radical (unpaired) electrons. The van der Waals surface area contributed by atoms with Crippen LogP contribution in [-0.4, -0.2) is 28.3 Å². The van der Waals surface area contributed by atoms with Crippen molar-refractivity contribution in [2.75, 3.05) is 5.32 Å². The maximum atomic E-state index is 12.5. The highest BCUT2D eigenvalue weighted by atomic mass is 32.1. The number of aromatic nitrogens is 1. The quantitative estimate of drug-likeness (QED) is 0.717. The lowest BCUT2D eigenvalue weighted by atomic mass is 10.1. The van der Waals surface area contributed by atoms with Gasteiger partial charge in [-0.1, -0.05) is 24.3 Å². The molecule has 3 rings (SSSR count). The number of alkyl halides is 3. The number of carbonyl (C=O) groups excluding carboxylic acids is 1. The van der Waals surface area contributed by atoms with Gasteiger partial charge in [-0.15, -0.1) is 11.3 Å². The van der Waals surface area contributed by atoms with Crippen LogP contribution in [0.15, 0.2) is 29.6 Å². The Balaban J connectivity index is 1.63. The molecule has 2 aromatic rings. The minimum absolute atomic E-state index is 0.112. The van der Waals surface area contributed by atoms with Crippen LogP contribution >= 0.6 is 11.3 Å². The highest BCUT2D eigenvalue weighted by Crippen LogP contribution is 2.34. The third-order valence-electron chi connectivity index (χ3n) is 4.22. The van der Waals surface area contributed by atoms with E-state index in [2.05, 4.69) is 15.6 Å². The Hall–Kier alpha value is -2.13. The average Bonchev–Trinajstić information content (AvgIpc) is 3.34. The number of amides is 2. The first kappa shape index (κ1) is 18.7. The molecule has 1 aliphatic carbocycles. The summed E-state index contributed by atoms with van der Waals surface area (Å²) in [6.07, 6.45) is -4.96. The molecule has 0 bridgehead atoms. The van der Waals surface area contributed by atoms with Crippen LogP contribution in [0.25, 0.3) is 10.6 Å². The zero-order valence-corrected chi connectivity index (χ0v) is 14.7. The number of nitrogens with zero attached hydrogens (tertiary/aromatic N) is 1. The number of carbonyl (C=O) groups is 1. The van der Waals surface area contributed by atoms with Gasteiger partial charge in [0.25, 0.3) is 0 Å². The average molecular weight is 385 g/mol. The number of aliphatic hydroxyl groups is 1. The number of benzene rings is 1. The van der Waals surface area contributed by atoms with Crippen LogP contribution in [0.1, 0.15) is 31.4 Å². The minimum Gasteiger partial charge on any atom is -0.379 e. The molecule has 1 aliphatic rings. The molecule has 0 aliphatic heterocycles. The van der Waals surface area contributed by atoms with Crippen molar-refractivity contribution >= 4 is 23.2 Å². The molecule has 1 heterocycles. The normalized spacial score (nSPS) is 16.8. The summed E-state index contributed by atoms with van der Waals surface area (Å²) in [5.41, 5.74) is 0.373. The van der Waals surface area contributed by atoms with Gasteiger partial charge in [0, 0.05) is 17.0 Å². The summed E-state index contributed by atoms with van der Waals surface area (Å²) in [5.74, 6) is 0.919. The summed E-state index contributed by atoms with van der Waals surface area (Å²) in [4.78, 5) is 16.2. The summed E-state index contributed by atoms with van der Waals surface area (Å²) < 4.78 is 37.6. The van der Waals surface area contributed by atoms with Gasteiger partial charge in [0.15, 0.2) is 6.10 Å². The first-order valence-electron chi connectivity index (χ1n) is 8.12. The van der Waals surface area contributed by atoms with Crippen molar-refractivity contribution in [2.45, 2.75) is 38.1 Å². The van der Waals surface area contributed by atoms with Gasteiger partial charge >= 0.3 is 12.2 Å². The first-order chi connectivity index (χ1) is 12.2. The van der Waals surface area contributed by atoms with E-state index in [-0.39, 0.29) is 17.6 Å². The summed E-state index contributed by atoms with van der Waals surface area (Å²) in [7, 11) is 0. The molecule has 5 nitrogen and oxygen atoms in total. The van der Waals surface area contributed by atoms with E-state index < -0.39 is 12.3 Å². The largest absolute Gasteiger partial charge is 0.418 e. The fraction of sp³-hybridized carbons (Fsp3) is 0.412. The van der Waals surface area contributed by atoms with E-state index in [9.17, 15) is 23.1 Å². The molecular formula is C17H18F3N3O2S. The van der Waals surface area contributed by atoms with Gasteiger partial charge in [-0.3, -0.25) is 5.32 Å². The Labute approximate surface area is 152 Å². The van der Waals surface area contributed by atoms with E-state index in [1.54, 1.807) is 5.38 Å². The molecule has 2 atom stereocenters. The number of aliphatic hydroxyl groups excluding tert-OH is 1. The van der Waals surface area contributed by atoms with Crippen LogP contribution in [0.4, 0.5) is 23.8 Å². The third kappa shape index (κ3) is 4.53. The smallest absolute Gasteiger partial charge is 0.379 e. The van der Waals surface area contributed by atoms with Gasteiger partial charge in [-0.05, 0) is 31.2 Å². The highest BCUT2D eigenvalue weighted by molar-refractivity contribution is 7.13. The summed E-state index contributed by atoms with van der Waals surface area (Å²) in [5, 5.41) is 17.0. The SMILES string of the molecule is C[C@H](NC(=O)Nc1csc(-c2ccc(C(O)C(F)(F)F)cc2)n1)C1CC1. The lowest BCUT2D eigenvalue weighted by Gasteiger charge is -2.14. The molecule has 140 valence electrons. The van der Waals surface area contributed by atoms with Crippen LogP contribution < -0.4 is 10.6 Å². The predicted molar refractivity (Wildman–Crippen MR) is 92.9 cm³/mol. The topological polar surface area (TPSA) is 74.2 Å². The van der Waals surface area contributed by atoms with Crippen LogP contribution in [-0.2, 0) is 0 Å². The molecular weight excluding hydrogens is 367 g/mol. The lowest BCUT2D eigenvalue weighted by Crippen LogP contribution is -2.37. The van der Waals surface area contributed by atoms with Crippen molar-refractivity contribution in [1.82, 2.24) is 10.3 Å². The van der Waals surface area contributed by atoms with Gasteiger partial charge in [-0.2, -0.15) is 13.2 Å². The number of nitrogens with one attached hydrogen (secondary N) is 2. The van der Waals surface area contributed by atoms with Crippen LogP contribution in [0.5, 0.6) is 0 Å². The second-order valence-corrected chi connectivity index (χ2v) is 7.19. The van der Waals surface area contributed by atoms with E-state index in [1.165, 1.54) is 35.6 Å². The monoisotopic (exact) mass is 385 g/mol. The van der Waals surface area contributed by atoms with E-state index in [1.807, 2.05) is 6.92 Å². The van der Waals surface area contributed by atoms with Crippen molar-refractivity contribution in [3.05, 3.63) is 35.2 Å². The van der Waals surface area contributed by atoms with Gasteiger partial charge < -0.3 is 10.4 Å². The summed E-state index contributed by atoms with van der Waals surface area (Å²) >= 11 is 1.26. The van der Waals surface area contributed by atoms with E-state index in [0.29, 0.717) is 22.3 Å². The Morgan fingerprint density at radius 2 is 1.96 bits per heavy atom. The predicted octanol–water partition coefficient (Wildman–Crippen LogP) is 4.33. The summed E-state index contributed by atoms with van der Waals surface area (Å²) in [6, 6.07) is 5.13. The number of halogens is 3. The van der Waals surface area contributed by atoms with Gasteiger partial charge in [0.2, 0.25) is 0 Å². The summed E-state index contributed by atoms with van der Waals surface area (Å²) in [6.45, 7) is 1.96. The molecule has 1 unspecified atom stereocenters. The van der Waals surface area contributed by atoms with Crippen LogP contribution in [0.3, 0.4) is 0 Å². The minimum atomic E-state index is -4.70. The fourth-order valence-corrected chi connectivity index (χ4v) is 3.29. The maximum absolute atomic E-state index is 12.5. The molecule has 9 heteroatoms. The fourth-order valence-electron chi connectivity index (χ4n) is 2.53. The van der Waals surface area contributed by atoms with Crippen molar-refractivity contribution in [3.63, 3.8) is 0 Å². The molecule has 1 aromatic carbocycles. The molecule has 3 N–H and O–H groups in total. The number of urea groups is 1. The van der Waals surface area contributed by atoms with Crippen molar-refractivity contribution in [3.8, 4) is 10.6 Å². The maximum Gasteiger partial charge on any atom is 0.418 e. The Kier molecular flexibility index (Phi) is 5.19. The zero-order valence-electron chi connectivity index (χ0n) is 13.9. The van der Waals surface area contributed by atoms with Gasteiger partial charge in [0.1, 0.15) is 10.8 Å². The molecule has 0 spiro atoms. The van der Waals surface area contributed by atoms with Gasteiger partial charge in [0.05, 0.1) is 0 Å². The van der Waals surface area contributed by atoms with Crippen molar-refractivity contribution < 1.29 is 23.1 Å². The molecule has 1 aromatic heterocycles. The van der Waals surface area contributed by atoms with Gasteiger partial charge in [-0.25, -0.2) is 9.78 Å². The number of hydrogen-bond donors (Lipinski definition) is 3. The van der Waals surface area contributed by atoms with Crippen LogP contribution in [0, 0.1) is 5.92 Å². The highest BCUT2D eigenvalue weighted by Gasteiger charge is 2.39. The molecule has 1 saturated carbocycles. The van der Waals surface area contributed by atoms with Crippen molar-refractivity contribution in [1.29, 1.82) is 0 Å². The lowest BCUT2D eigenvalue weighted by molar-refractivity contribution is -0.206. The molecule has 2 amide bonds. The molecule has 26 heavy (non-hydrogen) atoms. The number of rotatable bonds is 5. The Bertz CT molecular complexity index is 772. The Morgan fingerprint density at radius 1 is 1.31 bits per heavy atom. The zero-order chi connectivity index (χ0) is 18.9. The van der Waals surface area contributed by atoms with Crippen molar-refractivity contribution in [2.24, 2.45) is 5.92 Å². The Morgan fingerprint density at radius 3 is 2.54 bits per heavy atom. The van der Waals surface area contributed by atoms with Crippen LogP contribution in [0.2, 0.25) is 0 Å². The first-order valence-corrected chi connectivity index (χ1v) is 9.00. The second kappa shape index (κ2) is 7.24. The molecule has 1 fully saturated rings. The number of anilines is 1. The number of thiazole rings is 1.